The van der Waals surface area contributed by atoms with Gasteiger partial charge in [0, 0.05) is 13.6 Å². The highest BCUT2D eigenvalue weighted by Gasteiger charge is 2.35. The van der Waals surface area contributed by atoms with Gasteiger partial charge in [0.1, 0.15) is 5.75 Å². The molecule has 1 saturated heterocycles. The summed E-state index contributed by atoms with van der Waals surface area (Å²) in [6.07, 6.45) is 1.53. The maximum absolute atomic E-state index is 12.8. The predicted octanol–water partition coefficient (Wildman–Crippen LogP) is 5.52. The molecule has 1 fully saturated rings. The number of ether oxygens (including phenoxy) is 1. The van der Waals surface area contributed by atoms with Gasteiger partial charge in [-0.1, -0.05) is 28.1 Å². The monoisotopic (exact) mass is 651 g/mol. The number of hydrogen-bond donors (Lipinski definition) is 1. The number of aliphatic carboxylic acids is 1. The number of hydrogen-bond acceptors (Lipinski definition) is 5. The lowest BCUT2D eigenvalue weighted by Crippen LogP contribution is -2.27. The smallest absolute Gasteiger partial charge is 0.341 e. The fourth-order valence-electron chi connectivity index (χ4n) is 2.52. The van der Waals surface area contributed by atoms with E-state index in [2.05, 4.69) is 54.5 Å². The molecule has 0 saturated carbocycles. The van der Waals surface area contributed by atoms with Crippen LogP contribution in [0.15, 0.2) is 50.2 Å². The minimum atomic E-state index is -1.12. The van der Waals surface area contributed by atoms with Gasteiger partial charge in [-0.15, -0.1) is 0 Å². The van der Waals surface area contributed by atoms with Crippen LogP contribution in [0.5, 0.6) is 5.75 Å². The standard InChI is InChI=1S/C19H12Br2INO5S/c20-12-5-11(17(14(21)7-12)28-9-16(24)25)6-15-18(26)23(19(27)29-15)8-10-1-3-13(22)4-2-10/h1-7H,8-9H2,(H,24,25)/b15-6-. The quantitative estimate of drug-likeness (QED) is 0.327. The fourth-order valence-corrected chi connectivity index (χ4v) is 5.09. The summed E-state index contributed by atoms with van der Waals surface area (Å²) in [5.74, 6) is -1.25. The lowest BCUT2D eigenvalue weighted by molar-refractivity contribution is -0.139. The van der Waals surface area contributed by atoms with Crippen molar-refractivity contribution in [1.82, 2.24) is 4.90 Å². The first-order valence-electron chi connectivity index (χ1n) is 8.08. The molecule has 1 heterocycles. The van der Waals surface area contributed by atoms with Crippen molar-refractivity contribution >= 4 is 89.4 Å². The Hall–Kier alpha value is -1.37. The highest BCUT2D eigenvalue weighted by atomic mass is 127. The molecular weight excluding hydrogens is 641 g/mol. The Morgan fingerprint density at radius 2 is 1.90 bits per heavy atom. The van der Waals surface area contributed by atoms with Crippen molar-refractivity contribution in [2.75, 3.05) is 6.61 Å². The fraction of sp³-hybridized carbons (Fsp3) is 0.105. The van der Waals surface area contributed by atoms with Crippen LogP contribution in [0.25, 0.3) is 6.08 Å². The van der Waals surface area contributed by atoms with E-state index in [4.69, 9.17) is 9.84 Å². The number of thioether (sulfide) groups is 1. The average molecular weight is 653 g/mol. The highest BCUT2D eigenvalue weighted by molar-refractivity contribution is 14.1. The van der Waals surface area contributed by atoms with Crippen molar-refractivity contribution in [2.45, 2.75) is 6.54 Å². The molecule has 2 amide bonds. The van der Waals surface area contributed by atoms with E-state index in [9.17, 15) is 14.4 Å². The van der Waals surface area contributed by atoms with Gasteiger partial charge in [-0.25, -0.2) is 4.79 Å². The van der Waals surface area contributed by atoms with Crippen LogP contribution < -0.4 is 4.74 Å². The molecule has 0 bridgehead atoms. The summed E-state index contributed by atoms with van der Waals surface area (Å²) in [6, 6.07) is 11.0. The highest BCUT2D eigenvalue weighted by Crippen LogP contribution is 2.38. The number of carboxylic acids is 1. The second-order valence-electron chi connectivity index (χ2n) is 5.88. The molecule has 0 unspecified atom stereocenters. The Morgan fingerprint density at radius 1 is 1.21 bits per heavy atom. The normalized spacial score (nSPS) is 15.3. The summed E-state index contributed by atoms with van der Waals surface area (Å²) < 4.78 is 7.65. The second kappa shape index (κ2) is 9.63. The average Bonchev–Trinajstić information content (AvgIpc) is 2.90. The van der Waals surface area contributed by atoms with Gasteiger partial charge in [-0.05, 0) is 86.2 Å². The minimum Gasteiger partial charge on any atom is -0.480 e. The van der Waals surface area contributed by atoms with Gasteiger partial charge in [0.15, 0.2) is 6.61 Å². The molecule has 1 N–H and O–H groups in total. The van der Waals surface area contributed by atoms with E-state index in [-0.39, 0.29) is 22.4 Å². The van der Waals surface area contributed by atoms with Crippen molar-refractivity contribution in [1.29, 1.82) is 0 Å². The number of rotatable bonds is 6. The molecule has 0 atom stereocenters. The first-order valence-corrected chi connectivity index (χ1v) is 11.6. The maximum Gasteiger partial charge on any atom is 0.341 e. The van der Waals surface area contributed by atoms with E-state index < -0.39 is 18.5 Å². The lowest BCUT2D eigenvalue weighted by atomic mass is 10.1. The Labute approximate surface area is 201 Å². The summed E-state index contributed by atoms with van der Waals surface area (Å²) in [5, 5.41) is 8.53. The van der Waals surface area contributed by atoms with Crippen LogP contribution in [0.3, 0.4) is 0 Å². The first kappa shape index (κ1) is 22.3. The third-order valence-electron chi connectivity index (χ3n) is 3.79. The van der Waals surface area contributed by atoms with Crippen LogP contribution >= 0.6 is 66.2 Å². The van der Waals surface area contributed by atoms with Gasteiger partial charge < -0.3 is 9.84 Å². The van der Waals surface area contributed by atoms with Crippen LogP contribution in [0.4, 0.5) is 4.79 Å². The topological polar surface area (TPSA) is 83.9 Å². The first-order chi connectivity index (χ1) is 13.7. The van der Waals surface area contributed by atoms with Crippen LogP contribution in [-0.2, 0) is 16.1 Å². The van der Waals surface area contributed by atoms with E-state index in [0.717, 1.165) is 20.9 Å². The van der Waals surface area contributed by atoms with Crippen LogP contribution in [0.2, 0.25) is 0 Å². The molecule has 0 spiro atoms. The predicted molar refractivity (Wildman–Crippen MR) is 126 cm³/mol. The van der Waals surface area contributed by atoms with Crippen LogP contribution in [-0.4, -0.2) is 33.7 Å². The summed E-state index contributed by atoms with van der Waals surface area (Å²) in [4.78, 5) is 37.5. The summed E-state index contributed by atoms with van der Waals surface area (Å²) in [5.41, 5.74) is 1.33. The zero-order chi connectivity index (χ0) is 21.1. The number of halogens is 3. The molecule has 3 rings (SSSR count). The maximum atomic E-state index is 12.8. The minimum absolute atomic E-state index is 0.184. The number of benzene rings is 2. The van der Waals surface area contributed by atoms with Crippen molar-refractivity contribution in [3.63, 3.8) is 0 Å². The Balaban J connectivity index is 1.89. The van der Waals surface area contributed by atoms with Crippen molar-refractivity contribution in [3.8, 4) is 5.75 Å². The van der Waals surface area contributed by atoms with E-state index in [0.29, 0.717) is 14.5 Å². The number of imide groups is 1. The third kappa shape index (κ3) is 5.62. The molecule has 0 radical (unpaired) electrons. The molecular formula is C19H12Br2INO5S. The number of carbonyl (C=O) groups is 3. The molecule has 2 aromatic carbocycles. The molecule has 1 aliphatic heterocycles. The van der Waals surface area contributed by atoms with E-state index >= 15 is 0 Å². The van der Waals surface area contributed by atoms with E-state index in [1.165, 1.54) is 11.0 Å². The zero-order valence-electron chi connectivity index (χ0n) is 14.5. The van der Waals surface area contributed by atoms with E-state index in [1.807, 2.05) is 24.3 Å². The molecule has 6 nitrogen and oxygen atoms in total. The third-order valence-corrected chi connectivity index (χ3v) is 6.46. The number of amides is 2. The Morgan fingerprint density at radius 3 is 2.55 bits per heavy atom. The molecule has 2 aromatic rings. The van der Waals surface area contributed by atoms with Gasteiger partial charge in [-0.2, -0.15) is 0 Å². The second-order valence-corrected chi connectivity index (χ2v) is 9.89. The largest absolute Gasteiger partial charge is 0.480 e. The van der Waals surface area contributed by atoms with Gasteiger partial charge >= 0.3 is 5.97 Å². The van der Waals surface area contributed by atoms with Crippen LogP contribution in [0.1, 0.15) is 11.1 Å². The number of carbonyl (C=O) groups excluding carboxylic acids is 2. The number of nitrogens with zero attached hydrogens (tertiary/aromatic N) is 1. The molecule has 0 aromatic heterocycles. The van der Waals surface area contributed by atoms with Crippen molar-refractivity contribution in [3.05, 3.63) is 64.9 Å². The Bertz CT molecular complexity index is 1030. The van der Waals surface area contributed by atoms with Gasteiger partial charge in [0.25, 0.3) is 11.1 Å². The van der Waals surface area contributed by atoms with Gasteiger partial charge in [-0.3, -0.25) is 14.5 Å². The SMILES string of the molecule is O=C(O)COc1c(Br)cc(Br)cc1/C=C1\SC(=O)N(Cc2ccc(I)cc2)C1=O. The molecule has 10 heteroatoms. The van der Waals surface area contributed by atoms with Crippen molar-refractivity contribution in [2.24, 2.45) is 0 Å². The van der Waals surface area contributed by atoms with E-state index in [1.54, 1.807) is 12.1 Å². The molecule has 0 aliphatic carbocycles. The zero-order valence-corrected chi connectivity index (χ0v) is 20.7. The van der Waals surface area contributed by atoms with Gasteiger partial charge in [0.05, 0.1) is 15.9 Å². The number of carboxylic acid groups (broad SMARTS) is 1. The molecule has 29 heavy (non-hydrogen) atoms. The summed E-state index contributed by atoms with van der Waals surface area (Å²) in [6.45, 7) is -0.348. The van der Waals surface area contributed by atoms with Gasteiger partial charge in [0.2, 0.25) is 0 Å². The summed E-state index contributed by atoms with van der Waals surface area (Å²) in [7, 11) is 0. The molecule has 1 aliphatic rings. The van der Waals surface area contributed by atoms with Crippen LogP contribution in [0, 0.1) is 3.57 Å². The lowest BCUT2D eigenvalue weighted by Gasteiger charge is -2.13. The summed E-state index contributed by atoms with van der Waals surface area (Å²) >= 11 is 9.73. The Kier molecular flexibility index (Phi) is 7.41. The molecule has 150 valence electrons. The van der Waals surface area contributed by atoms with Crippen molar-refractivity contribution < 1.29 is 24.2 Å².